The Labute approximate surface area is 136 Å². The summed E-state index contributed by atoms with van der Waals surface area (Å²) in [6.45, 7) is 9.45. The maximum atomic E-state index is 11.5. The number of hydrogen-bond acceptors (Lipinski definition) is 6. The Bertz CT molecular complexity index is 383. The van der Waals surface area contributed by atoms with Gasteiger partial charge in [0.1, 0.15) is 0 Å². The average Bonchev–Trinajstić information content (AvgIpc) is 2.25. The summed E-state index contributed by atoms with van der Waals surface area (Å²) in [4.78, 5) is 31.9. The number of rotatable bonds is 6. The maximum absolute atomic E-state index is 11.5. The van der Waals surface area contributed by atoms with Crippen molar-refractivity contribution < 1.29 is 53.1 Å². The van der Waals surface area contributed by atoms with Gasteiger partial charge in [0, 0.05) is 6.92 Å². The van der Waals surface area contributed by atoms with Crippen LogP contribution in [-0.4, -0.2) is 35.0 Å². The molecule has 21 heavy (non-hydrogen) atoms. The van der Waals surface area contributed by atoms with Crippen molar-refractivity contribution in [3.05, 3.63) is 11.5 Å². The fraction of sp³-hybridized carbons (Fsp3) is 0.615. The number of aliphatic carboxylic acids is 1. The summed E-state index contributed by atoms with van der Waals surface area (Å²) >= 11 is 1.20. The minimum atomic E-state index is -0.833. The van der Waals surface area contributed by atoms with E-state index in [0.717, 1.165) is 6.92 Å². The van der Waals surface area contributed by atoms with Gasteiger partial charge in [0.15, 0.2) is 0 Å². The Morgan fingerprint density at radius 1 is 0.952 bits per heavy atom. The van der Waals surface area contributed by atoms with Crippen LogP contribution in [0, 0.1) is 0 Å². The number of carbonyl (C=O) groups is 3. The zero-order chi connectivity index (χ0) is 17.2. The molecule has 0 spiro atoms. The summed E-state index contributed by atoms with van der Waals surface area (Å²) in [5.41, 5.74) is -0.199. The molecule has 0 saturated heterocycles. The molecule has 0 aliphatic carbocycles. The van der Waals surface area contributed by atoms with Crippen LogP contribution < -0.4 is 0 Å². The van der Waals surface area contributed by atoms with Gasteiger partial charge < -0.3 is 5.11 Å². The smallest absolute Gasteiger partial charge is 0.300 e. The first-order valence-electron chi connectivity index (χ1n) is 6.18. The van der Waals surface area contributed by atoms with Crippen LogP contribution >= 0.6 is 0 Å². The van der Waals surface area contributed by atoms with Crippen LogP contribution in [0.25, 0.3) is 0 Å². The molecule has 0 rings (SSSR count). The van der Waals surface area contributed by atoms with Gasteiger partial charge in [0.05, 0.1) is 0 Å². The first kappa shape index (κ1) is 22.0. The van der Waals surface area contributed by atoms with Gasteiger partial charge in [0.2, 0.25) is 0 Å². The predicted molar refractivity (Wildman–Crippen MR) is 69.6 cm³/mol. The third-order valence-corrected chi connectivity index (χ3v) is 1.83. The molecule has 8 heteroatoms. The molecular formula is C13H21O7Ti. The molecule has 0 aromatic rings. The zero-order valence-corrected chi connectivity index (χ0v) is 14.6. The van der Waals surface area contributed by atoms with Crippen LogP contribution in [0.1, 0.15) is 41.5 Å². The third-order valence-electron chi connectivity index (χ3n) is 1.54. The van der Waals surface area contributed by atoms with E-state index in [1.807, 2.05) is 0 Å². The summed E-state index contributed by atoms with van der Waals surface area (Å²) in [6.07, 6.45) is -0.412. The molecular weight excluding hydrogens is 316 g/mol. The Hall–Kier alpha value is -1.34. The number of ether oxygens (including phenoxy) is 2. The van der Waals surface area contributed by atoms with Gasteiger partial charge in [-0.15, -0.1) is 0 Å². The molecule has 0 radical (unpaired) electrons. The van der Waals surface area contributed by atoms with E-state index in [9.17, 15) is 9.59 Å². The van der Waals surface area contributed by atoms with Crippen molar-refractivity contribution in [1.29, 1.82) is 0 Å². The summed E-state index contributed by atoms with van der Waals surface area (Å²) in [7, 11) is 0. The number of carboxylic acids is 1. The van der Waals surface area contributed by atoms with Crippen molar-refractivity contribution >= 4 is 17.7 Å². The molecule has 0 heterocycles. The minimum absolute atomic E-state index is 0.0747. The molecule has 119 valence electrons. The van der Waals surface area contributed by atoms with E-state index in [4.69, 9.17) is 19.4 Å². The van der Waals surface area contributed by atoms with Crippen molar-refractivity contribution in [2.24, 2.45) is 0 Å². The monoisotopic (exact) mass is 337 g/mol. The average molecular weight is 337 g/mol. The molecule has 0 bridgehead atoms. The van der Waals surface area contributed by atoms with Crippen LogP contribution in [-0.2, 0) is 48.0 Å². The van der Waals surface area contributed by atoms with E-state index in [1.165, 1.54) is 27.7 Å². The molecule has 0 aliphatic heterocycles. The van der Waals surface area contributed by atoms with Gasteiger partial charge in [-0.3, -0.25) is 4.79 Å². The number of ketones is 1. The Morgan fingerprint density at radius 2 is 1.29 bits per heavy atom. The molecule has 0 aromatic heterocycles. The predicted octanol–water partition coefficient (Wildman–Crippen LogP) is 1.73. The fourth-order valence-electron chi connectivity index (χ4n) is 0.996. The molecule has 0 amide bonds. The number of hydrogen-bond donors (Lipinski definition) is 1. The fourth-order valence-corrected chi connectivity index (χ4v) is 1.15. The molecule has 7 nitrogen and oxygen atoms in total. The Kier molecular flexibility index (Phi) is 11.9. The van der Waals surface area contributed by atoms with E-state index >= 15 is 0 Å². The van der Waals surface area contributed by atoms with Crippen LogP contribution in [0.5, 0.6) is 0 Å². The van der Waals surface area contributed by atoms with Crippen molar-refractivity contribution in [3.8, 4) is 0 Å². The van der Waals surface area contributed by atoms with Gasteiger partial charge in [-0.1, -0.05) is 0 Å². The number of Topliss-reactive ketones (excluding diaryl/α,β-unsaturated/α-hetero) is 1. The van der Waals surface area contributed by atoms with E-state index in [0.29, 0.717) is 0 Å². The normalized spacial score (nSPS) is 9.29. The third kappa shape index (κ3) is 12.1. The van der Waals surface area contributed by atoms with Gasteiger partial charge in [0.25, 0.3) is 5.97 Å². The second kappa shape index (κ2) is 11.3. The topological polar surface area (TPSA) is 99.1 Å². The molecule has 1 N–H and O–H groups in total. The quantitative estimate of drug-likeness (QED) is 0.259. The van der Waals surface area contributed by atoms with E-state index < -0.39 is 17.7 Å². The summed E-state index contributed by atoms with van der Waals surface area (Å²) in [5, 5.41) is 7.42. The molecule has 0 aromatic carbocycles. The second-order valence-corrected chi connectivity index (χ2v) is 4.78. The van der Waals surface area contributed by atoms with Gasteiger partial charge in [-0.25, -0.2) is 0 Å². The summed E-state index contributed by atoms with van der Waals surface area (Å²) in [6, 6.07) is 0. The van der Waals surface area contributed by atoms with Gasteiger partial charge in [-0.2, -0.15) is 0 Å². The van der Waals surface area contributed by atoms with Crippen molar-refractivity contribution in [1.82, 2.24) is 0 Å². The van der Waals surface area contributed by atoms with Crippen molar-refractivity contribution in [2.45, 2.75) is 53.8 Å². The first-order chi connectivity index (χ1) is 9.52. The molecule has 0 atom stereocenters. The molecule has 0 saturated carbocycles. The van der Waals surface area contributed by atoms with Crippen LogP contribution in [0.2, 0.25) is 0 Å². The van der Waals surface area contributed by atoms with Crippen molar-refractivity contribution in [2.75, 3.05) is 0 Å². The molecule has 0 fully saturated rings. The van der Waals surface area contributed by atoms with Crippen molar-refractivity contribution in [3.63, 3.8) is 0 Å². The van der Waals surface area contributed by atoms with Gasteiger partial charge in [-0.05, 0) is 0 Å². The SMILES string of the molecule is CC(=O)C(C(=O)[O][Ti])=C(OC(C)C)OC(C)C.CC(=O)O. The van der Waals surface area contributed by atoms with Crippen LogP contribution in [0.3, 0.4) is 0 Å². The standard InChI is InChI=1S/C11H18O5.C2H4O2.Ti/c1-6(2)15-11(16-7(3)4)9(8(5)12)10(13)14;1-2(3)4;/h6-7H,1-5H3,(H,13,14);1H3,(H,3,4);/q;;+1/p-1. The maximum Gasteiger partial charge on any atom is 0.300 e. The van der Waals surface area contributed by atoms with E-state index in [1.54, 1.807) is 27.7 Å². The first-order valence-corrected chi connectivity index (χ1v) is 6.82. The second-order valence-electron chi connectivity index (χ2n) is 4.46. The van der Waals surface area contributed by atoms with Crippen LogP contribution in [0.4, 0.5) is 0 Å². The summed E-state index contributed by atoms with van der Waals surface area (Å²) in [5.74, 6) is -2.11. The Balaban J connectivity index is 0. The van der Waals surface area contributed by atoms with Gasteiger partial charge >= 0.3 is 113 Å². The Morgan fingerprint density at radius 3 is 1.48 bits per heavy atom. The van der Waals surface area contributed by atoms with E-state index in [2.05, 4.69) is 3.32 Å². The molecule has 0 unspecified atom stereocenters. The number of carbonyl (C=O) groups excluding carboxylic acids is 2. The largest absolute Gasteiger partial charge is 0.481 e. The zero-order valence-electron chi connectivity index (χ0n) is 13.1. The van der Waals surface area contributed by atoms with E-state index in [-0.39, 0.29) is 23.7 Å². The van der Waals surface area contributed by atoms with Crippen LogP contribution in [0.15, 0.2) is 11.5 Å². The minimum Gasteiger partial charge on any atom is -0.481 e. The molecule has 0 aliphatic rings. The summed E-state index contributed by atoms with van der Waals surface area (Å²) < 4.78 is 15.2. The number of carboxylic acid groups (broad SMARTS) is 1.